The highest BCUT2D eigenvalue weighted by Crippen LogP contribution is 2.32. The van der Waals surface area contributed by atoms with Crippen molar-refractivity contribution in [3.63, 3.8) is 0 Å². The molecule has 0 saturated carbocycles. The van der Waals surface area contributed by atoms with E-state index < -0.39 is 12.0 Å². The van der Waals surface area contributed by atoms with Gasteiger partial charge in [0.1, 0.15) is 0 Å². The Hall–Kier alpha value is -4.03. The van der Waals surface area contributed by atoms with Gasteiger partial charge in [-0.05, 0) is 49.1 Å². The monoisotopic (exact) mass is 494 g/mol. The molecule has 4 aromatic rings. The highest BCUT2D eigenvalue weighted by molar-refractivity contribution is 7.07. The lowest BCUT2D eigenvalue weighted by Gasteiger charge is -2.24. The Morgan fingerprint density at radius 1 is 0.972 bits per heavy atom. The molecule has 5 nitrogen and oxygen atoms in total. The molecular weight excluding hydrogens is 468 g/mol. The maximum Gasteiger partial charge on any atom is 0.338 e. The highest BCUT2D eigenvalue weighted by Gasteiger charge is 2.33. The van der Waals surface area contributed by atoms with E-state index in [4.69, 9.17) is 4.74 Å². The van der Waals surface area contributed by atoms with Crippen LogP contribution in [0.3, 0.4) is 0 Å². The Balaban J connectivity index is 1.67. The molecule has 180 valence electrons. The molecule has 0 fully saturated rings. The number of carbonyl (C=O) groups is 1. The molecule has 0 amide bonds. The van der Waals surface area contributed by atoms with Crippen molar-refractivity contribution in [1.82, 2.24) is 4.57 Å². The average Bonchev–Trinajstić information content (AvgIpc) is 3.19. The van der Waals surface area contributed by atoms with Gasteiger partial charge in [0.2, 0.25) is 0 Å². The summed E-state index contributed by atoms with van der Waals surface area (Å²) in [6.45, 7) is 5.84. The van der Waals surface area contributed by atoms with Crippen molar-refractivity contribution < 1.29 is 9.53 Å². The van der Waals surface area contributed by atoms with Crippen LogP contribution in [0.4, 0.5) is 0 Å². The molecule has 1 unspecified atom stereocenters. The smallest absolute Gasteiger partial charge is 0.338 e. The van der Waals surface area contributed by atoms with E-state index in [0.29, 0.717) is 20.6 Å². The van der Waals surface area contributed by atoms with Gasteiger partial charge < -0.3 is 4.74 Å². The van der Waals surface area contributed by atoms with Gasteiger partial charge in [-0.3, -0.25) is 9.36 Å². The van der Waals surface area contributed by atoms with E-state index in [1.54, 1.807) is 18.4 Å². The van der Waals surface area contributed by atoms with Gasteiger partial charge in [0, 0.05) is 0 Å². The summed E-state index contributed by atoms with van der Waals surface area (Å²) in [5.74, 6) is -0.455. The van der Waals surface area contributed by atoms with Crippen molar-refractivity contribution in [1.29, 1.82) is 0 Å². The molecule has 36 heavy (non-hydrogen) atoms. The predicted octanol–water partition coefficient (Wildman–Crippen LogP) is 4.77. The fraction of sp³-hybridized carbons (Fsp3) is 0.167. The minimum absolute atomic E-state index is 0.175. The van der Waals surface area contributed by atoms with E-state index in [2.05, 4.69) is 17.1 Å². The molecule has 3 aromatic carbocycles. The van der Waals surface area contributed by atoms with Crippen molar-refractivity contribution in [3.8, 4) is 11.1 Å². The second-order valence-electron chi connectivity index (χ2n) is 8.70. The third kappa shape index (κ3) is 4.48. The number of nitrogens with zero attached hydrogens (tertiary/aromatic N) is 2. The van der Waals surface area contributed by atoms with Crippen LogP contribution in [0.2, 0.25) is 0 Å². The van der Waals surface area contributed by atoms with Crippen LogP contribution in [-0.2, 0) is 9.53 Å². The van der Waals surface area contributed by atoms with Crippen molar-refractivity contribution >= 4 is 23.4 Å². The maximum atomic E-state index is 13.7. The van der Waals surface area contributed by atoms with Gasteiger partial charge >= 0.3 is 5.97 Å². The van der Waals surface area contributed by atoms with Gasteiger partial charge in [-0.2, -0.15) is 0 Å². The van der Waals surface area contributed by atoms with Crippen LogP contribution in [0.5, 0.6) is 0 Å². The summed E-state index contributed by atoms with van der Waals surface area (Å²) in [6.07, 6.45) is 1.88. The Morgan fingerprint density at radius 3 is 2.31 bits per heavy atom. The first-order valence-electron chi connectivity index (χ1n) is 11.9. The first kappa shape index (κ1) is 23.7. The molecule has 0 aliphatic carbocycles. The van der Waals surface area contributed by atoms with Crippen LogP contribution in [0.15, 0.2) is 99.9 Å². The number of carbonyl (C=O) groups excluding carboxylic acids is 1. The number of benzene rings is 3. The SMILES string of the molecule is CCOC(=O)C1=C(C)N=c2s/c(=C\c3ccc(C)cc3)c(=O)n2C1c1ccc(-c2ccccc2)cc1. The number of aryl methyl sites for hydroxylation is 1. The molecule has 0 radical (unpaired) electrons. The third-order valence-electron chi connectivity index (χ3n) is 6.23. The van der Waals surface area contributed by atoms with Gasteiger partial charge in [-0.25, -0.2) is 9.79 Å². The highest BCUT2D eigenvalue weighted by atomic mass is 32.1. The molecule has 0 spiro atoms. The number of allylic oxidation sites excluding steroid dienone is 1. The fourth-order valence-electron chi connectivity index (χ4n) is 4.41. The minimum atomic E-state index is -0.620. The molecule has 1 aliphatic rings. The molecule has 5 rings (SSSR count). The predicted molar refractivity (Wildman–Crippen MR) is 143 cm³/mol. The van der Waals surface area contributed by atoms with Crippen molar-refractivity contribution in [2.75, 3.05) is 6.61 Å². The molecule has 1 aliphatic heterocycles. The van der Waals surface area contributed by atoms with Gasteiger partial charge in [0.05, 0.1) is 28.5 Å². The standard InChI is InChI=1S/C30H26N2O3S/c1-4-35-29(34)26-20(3)31-30-32(28(33)25(36-30)18-21-12-10-19(2)11-13-21)27(26)24-16-14-23(15-17-24)22-8-6-5-7-9-22/h5-18,27H,4H2,1-3H3/b25-18-. The number of esters is 1. The Morgan fingerprint density at radius 2 is 1.64 bits per heavy atom. The quantitative estimate of drug-likeness (QED) is 0.376. The summed E-state index contributed by atoms with van der Waals surface area (Å²) in [6, 6.07) is 25.5. The van der Waals surface area contributed by atoms with Gasteiger partial charge in [0.15, 0.2) is 4.80 Å². The van der Waals surface area contributed by atoms with Crippen LogP contribution in [0.25, 0.3) is 17.2 Å². The summed E-state index contributed by atoms with van der Waals surface area (Å²) in [5, 5.41) is 0. The number of aromatic nitrogens is 1. The van der Waals surface area contributed by atoms with Crippen molar-refractivity contribution in [2.45, 2.75) is 26.8 Å². The number of ether oxygens (including phenoxy) is 1. The van der Waals surface area contributed by atoms with Gasteiger partial charge in [-0.15, -0.1) is 0 Å². The normalized spacial score (nSPS) is 15.4. The summed E-state index contributed by atoms with van der Waals surface area (Å²) in [7, 11) is 0. The number of hydrogen-bond acceptors (Lipinski definition) is 5. The van der Waals surface area contributed by atoms with Gasteiger partial charge in [-0.1, -0.05) is 95.8 Å². The molecule has 0 bridgehead atoms. The Labute approximate surface area is 213 Å². The zero-order chi connectivity index (χ0) is 25.2. The third-order valence-corrected chi connectivity index (χ3v) is 7.21. The zero-order valence-corrected chi connectivity index (χ0v) is 21.2. The first-order chi connectivity index (χ1) is 17.5. The number of hydrogen-bond donors (Lipinski definition) is 0. The van der Waals surface area contributed by atoms with E-state index >= 15 is 0 Å². The minimum Gasteiger partial charge on any atom is -0.463 e. The van der Waals surface area contributed by atoms with E-state index in [9.17, 15) is 9.59 Å². The summed E-state index contributed by atoms with van der Waals surface area (Å²) < 4.78 is 7.59. The summed E-state index contributed by atoms with van der Waals surface area (Å²) >= 11 is 1.33. The molecule has 2 heterocycles. The van der Waals surface area contributed by atoms with Crippen LogP contribution in [-0.4, -0.2) is 17.1 Å². The Kier molecular flexibility index (Phi) is 6.53. The summed E-state index contributed by atoms with van der Waals surface area (Å²) in [4.78, 5) is 32.0. The van der Waals surface area contributed by atoms with Crippen LogP contribution < -0.4 is 14.9 Å². The second-order valence-corrected chi connectivity index (χ2v) is 9.71. The van der Waals surface area contributed by atoms with E-state index in [1.807, 2.05) is 79.7 Å². The lowest BCUT2D eigenvalue weighted by atomic mass is 9.94. The number of fused-ring (bicyclic) bond motifs is 1. The van der Waals surface area contributed by atoms with Crippen molar-refractivity contribution in [3.05, 3.63) is 127 Å². The zero-order valence-electron chi connectivity index (χ0n) is 20.4. The van der Waals surface area contributed by atoms with Crippen LogP contribution in [0.1, 0.15) is 36.6 Å². The van der Waals surface area contributed by atoms with Crippen LogP contribution >= 0.6 is 11.3 Å². The van der Waals surface area contributed by atoms with E-state index in [0.717, 1.165) is 27.8 Å². The van der Waals surface area contributed by atoms with Gasteiger partial charge in [0.25, 0.3) is 5.56 Å². The lowest BCUT2D eigenvalue weighted by Crippen LogP contribution is -2.39. The molecule has 6 heteroatoms. The topological polar surface area (TPSA) is 60.7 Å². The molecular formula is C30H26N2O3S. The number of rotatable bonds is 5. The first-order valence-corrected chi connectivity index (χ1v) is 12.7. The largest absolute Gasteiger partial charge is 0.463 e. The lowest BCUT2D eigenvalue weighted by molar-refractivity contribution is -0.139. The molecule has 1 atom stereocenters. The van der Waals surface area contributed by atoms with E-state index in [-0.39, 0.29) is 12.2 Å². The van der Waals surface area contributed by atoms with E-state index in [1.165, 1.54) is 11.3 Å². The molecule has 0 N–H and O–H groups in total. The average molecular weight is 495 g/mol. The number of thiazole rings is 1. The Bertz CT molecular complexity index is 1630. The summed E-state index contributed by atoms with van der Waals surface area (Å²) in [5.41, 5.74) is 5.86. The maximum absolute atomic E-state index is 13.7. The van der Waals surface area contributed by atoms with Crippen LogP contribution in [0, 0.1) is 6.92 Å². The fourth-order valence-corrected chi connectivity index (χ4v) is 5.46. The molecule has 1 aromatic heterocycles. The molecule has 0 saturated heterocycles. The second kappa shape index (κ2) is 9.91. The van der Waals surface area contributed by atoms with Crippen molar-refractivity contribution in [2.24, 2.45) is 4.99 Å².